The monoisotopic (exact) mass is 638 g/mol. The van der Waals surface area contributed by atoms with Gasteiger partial charge in [0.15, 0.2) is 0 Å². The van der Waals surface area contributed by atoms with Gasteiger partial charge in [-0.2, -0.15) is 0 Å². The fourth-order valence-corrected chi connectivity index (χ4v) is 6.82. The van der Waals surface area contributed by atoms with Crippen LogP contribution in [0.3, 0.4) is 0 Å². The SMILES string of the molecule is CC(C)NC(=O)N(C)C[C@@H]1OCCCC[C@@H](C)Oc2ccc(NS(=O)(=O)c3cccs3)cc2C(=O)N([C@@H](C)CO)C[C@H]1C. The highest BCUT2D eigenvalue weighted by molar-refractivity contribution is 7.94. The largest absolute Gasteiger partial charge is 0.490 e. The average Bonchev–Trinajstić information content (AvgIpc) is 3.50. The van der Waals surface area contributed by atoms with Crippen molar-refractivity contribution >= 4 is 39.0 Å². The third kappa shape index (κ3) is 9.82. The zero-order chi connectivity index (χ0) is 31.7. The number of hydrogen-bond donors (Lipinski definition) is 3. The Morgan fingerprint density at radius 3 is 2.60 bits per heavy atom. The Hall–Kier alpha value is -2.87. The number of sulfonamides is 1. The van der Waals surface area contributed by atoms with E-state index in [2.05, 4.69) is 10.0 Å². The van der Waals surface area contributed by atoms with Crippen molar-refractivity contribution in [2.45, 2.75) is 82.4 Å². The maximum Gasteiger partial charge on any atom is 0.317 e. The second-order valence-corrected chi connectivity index (χ2v) is 14.4. The molecule has 3 rings (SSSR count). The van der Waals surface area contributed by atoms with E-state index in [1.165, 1.54) is 12.1 Å². The quantitative estimate of drug-likeness (QED) is 0.390. The summed E-state index contributed by atoms with van der Waals surface area (Å²) in [7, 11) is -2.13. The summed E-state index contributed by atoms with van der Waals surface area (Å²) in [6, 6.07) is 7.07. The number of nitrogens with one attached hydrogen (secondary N) is 2. The summed E-state index contributed by atoms with van der Waals surface area (Å²) in [6.45, 7) is 10.2. The van der Waals surface area contributed by atoms with E-state index in [1.54, 1.807) is 47.4 Å². The number of aliphatic hydroxyl groups excluding tert-OH is 1. The van der Waals surface area contributed by atoms with Gasteiger partial charge in [-0.25, -0.2) is 13.2 Å². The lowest BCUT2D eigenvalue weighted by Gasteiger charge is -2.36. The van der Waals surface area contributed by atoms with Gasteiger partial charge < -0.3 is 29.7 Å². The van der Waals surface area contributed by atoms with Gasteiger partial charge in [-0.1, -0.05) is 13.0 Å². The molecule has 240 valence electrons. The second-order valence-electron chi connectivity index (χ2n) is 11.5. The lowest BCUT2D eigenvalue weighted by atomic mass is 10.0. The molecule has 3 N–H and O–H groups in total. The Kier molecular flexibility index (Phi) is 12.7. The van der Waals surface area contributed by atoms with E-state index >= 15 is 0 Å². The summed E-state index contributed by atoms with van der Waals surface area (Å²) in [4.78, 5) is 30.0. The van der Waals surface area contributed by atoms with Crippen LogP contribution in [0.2, 0.25) is 0 Å². The number of rotatable bonds is 8. The van der Waals surface area contributed by atoms with E-state index in [-0.39, 0.29) is 58.8 Å². The number of carbonyl (C=O) groups excluding carboxylic acids is 2. The minimum atomic E-state index is -3.84. The summed E-state index contributed by atoms with van der Waals surface area (Å²) in [5, 5.41) is 14.7. The Morgan fingerprint density at radius 1 is 1.21 bits per heavy atom. The standard InChI is InChI=1S/C30H46N4O7S2/c1-20(2)31-30(37)33(6)18-27-21(3)17-34(22(4)19-35)29(36)25-16-24(32-43(38,39)28-11-9-15-42-28)12-13-26(25)41-23(5)10-7-8-14-40-27/h9,11-13,15-16,20-23,27,32,35H,7-8,10,14,17-19H2,1-6H3,(H,31,37)/t21-,22+,23-,27+/m1/s1. The molecule has 0 bridgehead atoms. The zero-order valence-electron chi connectivity index (χ0n) is 25.9. The van der Waals surface area contributed by atoms with Crippen LogP contribution in [0, 0.1) is 5.92 Å². The van der Waals surface area contributed by atoms with Crippen LogP contribution in [-0.2, 0) is 14.8 Å². The molecule has 13 heteroatoms. The van der Waals surface area contributed by atoms with Crippen LogP contribution in [0.25, 0.3) is 0 Å². The predicted molar refractivity (Wildman–Crippen MR) is 168 cm³/mol. The molecule has 43 heavy (non-hydrogen) atoms. The zero-order valence-corrected chi connectivity index (χ0v) is 27.5. The van der Waals surface area contributed by atoms with Crippen molar-refractivity contribution in [3.05, 3.63) is 41.3 Å². The molecule has 2 heterocycles. The number of amides is 3. The van der Waals surface area contributed by atoms with Gasteiger partial charge >= 0.3 is 6.03 Å². The van der Waals surface area contributed by atoms with Crippen LogP contribution in [0.5, 0.6) is 5.75 Å². The molecule has 11 nitrogen and oxygen atoms in total. The summed E-state index contributed by atoms with van der Waals surface area (Å²) in [5.74, 6) is -0.275. The number of anilines is 1. The molecule has 0 aliphatic carbocycles. The van der Waals surface area contributed by atoms with Gasteiger partial charge in [0.25, 0.3) is 15.9 Å². The van der Waals surface area contributed by atoms with Gasteiger partial charge in [0.1, 0.15) is 9.96 Å². The summed E-state index contributed by atoms with van der Waals surface area (Å²) < 4.78 is 41.1. The van der Waals surface area contributed by atoms with Gasteiger partial charge in [0.2, 0.25) is 0 Å². The minimum Gasteiger partial charge on any atom is -0.490 e. The molecule has 0 radical (unpaired) electrons. The molecular weight excluding hydrogens is 592 g/mol. The highest BCUT2D eigenvalue weighted by Crippen LogP contribution is 2.30. The molecule has 3 amide bonds. The van der Waals surface area contributed by atoms with Crippen molar-refractivity contribution in [3.63, 3.8) is 0 Å². The van der Waals surface area contributed by atoms with Crippen molar-refractivity contribution in [1.29, 1.82) is 0 Å². The third-order valence-electron chi connectivity index (χ3n) is 7.28. The molecule has 0 unspecified atom stereocenters. The highest BCUT2D eigenvalue weighted by atomic mass is 32.2. The number of benzene rings is 1. The highest BCUT2D eigenvalue weighted by Gasteiger charge is 2.31. The topological polar surface area (TPSA) is 138 Å². The fourth-order valence-electron chi connectivity index (χ4n) is 4.78. The van der Waals surface area contributed by atoms with Gasteiger partial charge in [-0.05, 0) is 76.6 Å². The first kappa shape index (κ1) is 34.6. The lowest BCUT2D eigenvalue weighted by molar-refractivity contribution is -0.0122. The number of urea groups is 1. The van der Waals surface area contributed by atoms with Crippen LogP contribution in [0.4, 0.5) is 10.5 Å². The maximum atomic E-state index is 14.2. The summed E-state index contributed by atoms with van der Waals surface area (Å²) in [5.41, 5.74) is 0.412. The second kappa shape index (κ2) is 15.7. The molecule has 0 saturated heterocycles. The summed E-state index contributed by atoms with van der Waals surface area (Å²) >= 11 is 1.10. The average molecular weight is 639 g/mol. The number of ether oxygens (including phenoxy) is 2. The molecule has 0 spiro atoms. The Labute approximate surface area is 259 Å². The smallest absolute Gasteiger partial charge is 0.317 e. The summed E-state index contributed by atoms with van der Waals surface area (Å²) in [6.07, 6.45) is 1.76. The molecule has 0 fully saturated rings. The molecular formula is C30H46N4O7S2. The van der Waals surface area contributed by atoms with Crippen molar-refractivity contribution < 1.29 is 32.6 Å². The number of fused-ring (bicyclic) bond motifs is 1. The number of carbonyl (C=O) groups is 2. The van der Waals surface area contributed by atoms with Crippen LogP contribution in [0.15, 0.2) is 39.9 Å². The molecule has 0 saturated carbocycles. The van der Waals surface area contributed by atoms with Crippen LogP contribution >= 0.6 is 11.3 Å². The maximum absolute atomic E-state index is 14.2. The van der Waals surface area contributed by atoms with Crippen molar-refractivity contribution in [2.75, 3.05) is 38.1 Å². The first-order valence-corrected chi connectivity index (χ1v) is 17.1. The Morgan fingerprint density at radius 2 is 1.95 bits per heavy atom. The molecule has 1 aliphatic heterocycles. The molecule has 2 aromatic rings. The number of thiophene rings is 1. The first-order valence-electron chi connectivity index (χ1n) is 14.7. The molecule has 1 aromatic heterocycles. The predicted octanol–water partition coefficient (Wildman–Crippen LogP) is 4.39. The van der Waals surface area contributed by atoms with Crippen LogP contribution in [0.1, 0.15) is 64.2 Å². The van der Waals surface area contributed by atoms with Crippen molar-refractivity contribution in [1.82, 2.24) is 15.1 Å². The van der Waals surface area contributed by atoms with Gasteiger partial charge in [-0.15, -0.1) is 11.3 Å². The number of likely N-dealkylation sites (N-methyl/N-ethyl adjacent to an activating group) is 1. The van der Waals surface area contributed by atoms with Crippen molar-refractivity contribution in [2.24, 2.45) is 5.92 Å². The van der Waals surface area contributed by atoms with Crippen LogP contribution in [-0.4, -0.2) is 92.9 Å². The third-order valence-corrected chi connectivity index (χ3v) is 10.1. The Balaban J connectivity index is 1.97. The van der Waals surface area contributed by atoms with E-state index in [9.17, 15) is 23.1 Å². The van der Waals surface area contributed by atoms with Gasteiger partial charge in [-0.3, -0.25) is 9.52 Å². The molecule has 1 aromatic carbocycles. The van der Waals surface area contributed by atoms with E-state index in [0.717, 1.165) is 30.6 Å². The first-order chi connectivity index (χ1) is 20.3. The van der Waals surface area contributed by atoms with Gasteiger partial charge in [0, 0.05) is 44.4 Å². The minimum absolute atomic E-state index is 0.0141. The Bertz CT molecular complexity index is 1300. The normalized spacial score (nSPS) is 21.3. The van der Waals surface area contributed by atoms with E-state index in [4.69, 9.17) is 9.47 Å². The molecule has 4 atom stereocenters. The van der Waals surface area contributed by atoms with E-state index in [1.807, 2.05) is 27.7 Å². The van der Waals surface area contributed by atoms with Crippen molar-refractivity contribution in [3.8, 4) is 5.75 Å². The number of aliphatic hydroxyl groups is 1. The van der Waals surface area contributed by atoms with Crippen LogP contribution < -0.4 is 14.8 Å². The molecule has 1 aliphatic rings. The number of nitrogens with zero attached hydrogens (tertiary/aromatic N) is 2. The number of hydrogen-bond acceptors (Lipinski definition) is 8. The lowest BCUT2D eigenvalue weighted by Crippen LogP contribution is -2.49. The van der Waals surface area contributed by atoms with E-state index < -0.39 is 22.0 Å². The fraction of sp³-hybridized carbons (Fsp3) is 0.600. The van der Waals surface area contributed by atoms with E-state index in [0.29, 0.717) is 18.9 Å². The van der Waals surface area contributed by atoms with Gasteiger partial charge in [0.05, 0.1) is 30.4 Å².